The van der Waals surface area contributed by atoms with E-state index in [0.717, 1.165) is 11.1 Å². The van der Waals surface area contributed by atoms with Crippen LogP contribution < -0.4 is 5.73 Å². The van der Waals surface area contributed by atoms with Crippen LogP contribution in [0.3, 0.4) is 0 Å². The number of methoxy groups -OCH3 is 1. The molecule has 0 unspecified atom stereocenters. The van der Waals surface area contributed by atoms with Gasteiger partial charge >= 0.3 is 5.97 Å². The van der Waals surface area contributed by atoms with Gasteiger partial charge in [-0.25, -0.2) is 0 Å². The van der Waals surface area contributed by atoms with Gasteiger partial charge in [0.25, 0.3) is 0 Å². The number of allylic oxidation sites excluding steroid dienone is 2. The van der Waals surface area contributed by atoms with Crippen molar-refractivity contribution in [3.8, 4) is 0 Å². The fraction of sp³-hybridized carbons (Fsp3) is 0.214. The minimum atomic E-state index is -1.03. The SMILES string of the molecule is COC(=O)[C@@H]1C=C(c2ccccc2)C(Cl)=C[C@]1(N)Br. The van der Waals surface area contributed by atoms with Gasteiger partial charge < -0.3 is 10.5 Å². The first kappa shape index (κ1) is 14.3. The molecule has 1 aromatic rings. The molecule has 100 valence electrons. The number of halogens is 2. The number of alkyl halides is 1. The molecule has 0 saturated heterocycles. The van der Waals surface area contributed by atoms with Crippen molar-refractivity contribution in [2.75, 3.05) is 7.11 Å². The van der Waals surface area contributed by atoms with Crippen LogP contribution in [0.2, 0.25) is 0 Å². The van der Waals surface area contributed by atoms with E-state index in [4.69, 9.17) is 22.1 Å². The minimum Gasteiger partial charge on any atom is -0.468 e. The van der Waals surface area contributed by atoms with Crippen LogP contribution in [-0.2, 0) is 9.53 Å². The highest BCUT2D eigenvalue weighted by Crippen LogP contribution is 2.40. The number of carbonyl (C=O) groups excluding carboxylic acids is 1. The number of rotatable bonds is 2. The van der Waals surface area contributed by atoms with Gasteiger partial charge in [0, 0.05) is 5.03 Å². The Morgan fingerprint density at radius 3 is 2.63 bits per heavy atom. The molecule has 0 heterocycles. The van der Waals surface area contributed by atoms with E-state index in [2.05, 4.69) is 15.9 Å². The molecule has 19 heavy (non-hydrogen) atoms. The lowest BCUT2D eigenvalue weighted by atomic mass is 9.89. The van der Waals surface area contributed by atoms with Crippen molar-refractivity contribution < 1.29 is 9.53 Å². The zero-order valence-corrected chi connectivity index (χ0v) is 12.6. The molecule has 1 aliphatic rings. The minimum absolute atomic E-state index is 0.409. The van der Waals surface area contributed by atoms with E-state index < -0.39 is 16.3 Å². The molecule has 0 bridgehead atoms. The van der Waals surface area contributed by atoms with Crippen LogP contribution >= 0.6 is 27.5 Å². The summed E-state index contributed by atoms with van der Waals surface area (Å²) in [5.74, 6) is -1.04. The van der Waals surface area contributed by atoms with Crippen molar-refractivity contribution in [3.05, 3.63) is 53.1 Å². The number of hydrogen-bond acceptors (Lipinski definition) is 3. The van der Waals surface area contributed by atoms with E-state index in [0.29, 0.717) is 5.03 Å². The van der Waals surface area contributed by atoms with Crippen molar-refractivity contribution in [1.29, 1.82) is 0 Å². The normalized spacial score (nSPS) is 26.4. The Balaban J connectivity index is 2.47. The summed E-state index contributed by atoms with van der Waals surface area (Å²) in [5.41, 5.74) is 7.75. The van der Waals surface area contributed by atoms with Crippen LogP contribution in [0.25, 0.3) is 5.57 Å². The first-order valence-electron chi connectivity index (χ1n) is 5.67. The quantitative estimate of drug-likeness (QED) is 0.510. The molecule has 2 rings (SSSR count). The van der Waals surface area contributed by atoms with Gasteiger partial charge in [-0.1, -0.05) is 63.9 Å². The third-order valence-corrected chi connectivity index (χ3v) is 3.99. The number of benzene rings is 1. The van der Waals surface area contributed by atoms with Crippen molar-refractivity contribution in [3.63, 3.8) is 0 Å². The van der Waals surface area contributed by atoms with Gasteiger partial charge in [-0.05, 0) is 17.2 Å². The Hall–Kier alpha value is -1.10. The molecular formula is C14H13BrClNO2. The predicted molar refractivity (Wildman–Crippen MR) is 79.7 cm³/mol. The Kier molecular flexibility index (Phi) is 4.13. The van der Waals surface area contributed by atoms with Crippen molar-refractivity contribution in [2.45, 2.75) is 4.45 Å². The summed E-state index contributed by atoms with van der Waals surface area (Å²) in [6.45, 7) is 0. The second-order valence-electron chi connectivity index (χ2n) is 4.27. The second kappa shape index (κ2) is 5.49. The fourth-order valence-corrected chi connectivity index (χ4v) is 3.00. The van der Waals surface area contributed by atoms with Crippen LogP contribution in [-0.4, -0.2) is 17.5 Å². The molecule has 0 spiro atoms. The van der Waals surface area contributed by atoms with Gasteiger partial charge in [-0.2, -0.15) is 0 Å². The van der Waals surface area contributed by atoms with Crippen molar-refractivity contribution in [1.82, 2.24) is 0 Å². The summed E-state index contributed by atoms with van der Waals surface area (Å²) in [7, 11) is 1.33. The lowest BCUT2D eigenvalue weighted by Gasteiger charge is -2.30. The number of esters is 1. The highest BCUT2D eigenvalue weighted by molar-refractivity contribution is 9.10. The van der Waals surface area contributed by atoms with Gasteiger partial charge in [0.05, 0.1) is 7.11 Å². The Bertz CT molecular complexity index is 552. The van der Waals surface area contributed by atoms with Crippen molar-refractivity contribution in [2.24, 2.45) is 11.7 Å². The summed E-state index contributed by atoms with van der Waals surface area (Å²) >= 11 is 9.56. The summed E-state index contributed by atoms with van der Waals surface area (Å²) in [4.78, 5) is 11.8. The van der Waals surface area contributed by atoms with E-state index in [9.17, 15) is 4.79 Å². The highest BCUT2D eigenvalue weighted by Gasteiger charge is 2.39. The third kappa shape index (κ3) is 2.91. The molecule has 2 atom stereocenters. The molecule has 0 fully saturated rings. The molecule has 0 amide bonds. The standard InChI is InChI=1S/C14H13BrClNO2/c1-19-13(18)11-7-10(9-5-3-2-4-6-9)12(16)8-14(11,15)17/h2-8,11H,17H2,1H3/t11-,14+/m0/s1. The van der Waals surface area contributed by atoms with Crippen LogP contribution in [0, 0.1) is 5.92 Å². The molecular weight excluding hydrogens is 330 g/mol. The number of hydrogen-bond donors (Lipinski definition) is 1. The summed E-state index contributed by atoms with van der Waals surface area (Å²) < 4.78 is 3.75. The van der Waals surface area contributed by atoms with Gasteiger partial charge in [-0.15, -0.1) is 0 Å². The van der Waals surface area contributed by atoms with Gasteiger partial charge in [-0.3, -0.25) is 4.79 Å². The van der Waals surface area contributed by atoms with E-state index in [1.54, 1.807) is 12.2 Å². The maximum absolute atomic E-state index is 11.8. The lowest BCUT2D eigenvalue weighted by molar-refractivity contribution is -0.144. The molecule has 5 heteroatoms. The van der Waals surface area contributed by atoms with Crippen LogP contribution in [0.4, 0.5) is 0 Å². The maximum atomic E-state index is 11.8. The van der Waals surface area contributed by atoms with Crippen LogP contribution in [0.1, 0.15) is 5.56 Å². The van der Waals surface area contributed by atoms with E-state index in [1.165, 1.54) is 7.11 Å². The Morgan fingerprint density at radius 2 is 2.05 bits per heavy atom. The third-order valence-electron chi connectivity index (χ3n) is 2.96. The molecule has 1 aromatic carbocycles. The molecule has 3 nitrogen and oxygen atoms in total. The molecule has 0 aromatic heterocycles. The van der Waals surface area contributed by atoms with Crippen molar-refractivity contribution >= 4 is 39.1 Å². The topological polar surface area (TPSA) is 52.3 Å². The van der Waals surface area contributed by atoms with Crippen LogP contribution in [0.5, 0.6) is 0 Å². The molecule has 0 aliphatic heterocycles. The lowest BCUT2D eigenvalue weighted by Crippen LogP contribution is -2.44. The van der Waals surface area contributed by atoms with Gasteiger partial charge in [0.1, 0.15) is 10.4 Å². The van der Waals surface area contributed by atoms with Crippen LogP contribution in [0.15, 0.2) is 47.5 Å². The average molecular weight is 343 g/mol. The highest BCUT2D eigenvalue weighted by atomic mass is 79.9. The first-order valence-corrected chi connectivity index (χ1v) is 6.84. The number of ether oxygens (including phenoxy) is 1. The number of carbonyl (C=O) groups is 1. The average Bonchev–Trinajstić information content (AvgIpc) is 2.38. The predicted octanol–water partition coefficient (Wildman–Crippen LogP) is 3.05. The summed E-state index contributed by atoms with van der Waals surface area (Å²) in [6.07, 6.45) is 3.36. The maximum Gasteiger partial charge on any atom is 0.315 e. The fourth-order valence-electron chi connectivity index (χ4n) is 1.96. The zero-order chi connectivity index (χ0) is 14.0. The van der Waals surface area contributed by atoms with E-state index >= 15 is 0 Å². The molecule has 1 aliphatic carbocycles. The first-order chi connectivity index (χ1) is 8.95. The molecule has 2 N–H and O–H groups in total. The van der Waals surface area contributed by atoms with Gasteiger partial charge in [0.15, 0.2) is 0 Å². The van der Waals surface area contributed by atoms with Gasteiger partial charge in [0.2, 0.25) is 0 Å². The molecule has 0 radical (unpaired) electrons. The Labute approximate surface area is 125 Å². The second-order valence-corrected chi connectivity index (χ2v) is 6.05. The largest absolute Gasteiger partial charge is 0.468 e. The molecule has 0 saturated carbocycles. The Morgan fingerprint density at radius 1 is 1.42 bits per heavy atom. The van der Waals surface area contributed by atoms with E-state index in [-0.39, 0.29) is 0 Å². The number of nitrogens with two attached hydrogens (primary N) is 1. The smallest absolute Gasteiger partial charge is 0.315 e. The summed E-state index contributed by atoms with van der Waals surface area (Å²) in [5, 5.41) is 0.505. The van der Waals surface area contributed by atoms with E-state index in [1.807, 2.05) is 30.3 Å². The monoisotopic (exact) mass is 341 g/mol. The summed E-state index contributed by atoms with van der Waals surface area (Å²) in [6, 6.07) is 9.58. The zero-order valence-electron chi connectivity index (χ0n) is 10.3.